The number of amides is 2. The Labute approximate surface area is 191 Å². The van der Waals surface area contributed by atoms with Gasteiger partial charge in [0.2, 0.25) is 10.0 Å². The molecule has 1 fully saturated rings. The second kappa shape index (κ2) is 9.85. The van der Waals surface area contributed by atoms with Crippen molar-refractivity contribution in [2.75, 3.05) is 19.7 Å². The van der Waals surface area contributed by atoms with E-state index >= 15 is 0 Å². The highest BCUT2D eigenvalue weighted by Crippen LogP contribution is 2.29. The molecule has 0 saturated carbocycles. The van der Waals surface area contributed by atoms with Crippen LogP contribution in [0, 0.1) is 5.92 Å². The van der Waals surface area contributed by atoms with Crippen LogP contribution in [0.5, 0.6) is 0 Å². The van der Waals surface area contributed by atoms with Crippen molar-refractivity contribution in [2.45, 2.75) is 24.7 Å². The topological polar surface area (TPSA) is 115 Å². The van der Waals surface area contributed by atoms with E-state index < -0.39 is 34.4 Å². The fraction of sp³-hybridized carbons (Fsp3) is 0.381. The third kappa shape index (κ3) is 5.37. The van der Waals surface area contributed by atoms with E-state index in [9.17, 15) is 22.8 Å². The Morgan fingerprint density at radius 1 is 1.25 bits per heavy atom. The van der Waals surface area contributed by atoms with E-state index in [0.717, 1.165) is 18.9 Å². The molecule has 3 rings (SSSR count). The van der Waals surface area contributed by atoms with Crippen LogP contribution >= 0.6 is 11.6 Å². The van der Waals surface area contributed by atoms with Crippen LogP contribution in [0.3, 0.4) is 0 Å². The predicted molar refractivity (Wildman–Crippen MR) is 117 cm³/mol. The summed E-state index contributed by atoms with van der Waals surface area (Å²) in [6, 6.07) is 6.95. The standard InChI is InChI=1S/C21H24ClN3O6S/c1-14-5-3-10-25(12-14)32(29,30)18-11-15(7-8-16(18)22)21(28)31-13-19(26)23-20(27)17-6-4-9-24(17)2/h4,6-9,11,14H,3,5,10,12-13H2,1-2H3,(H,23,26,27)/t14-/m0/s1. The lowest BCUT2D eigenvalue weighted by atomic mass is 10.0. The van der Waals surface area contributed by atoms with Crippen LogP contribution in [0.1, 0.15) is 40.6 Å². The maximum absolute atomic E-state index is 13.0. The Balaban J connectivity index is 1.66. The number of imide groups is 1. The van der Waals surface area contributed by atoms with Crippen molar-refractivity contribution in [1.82, 2.24) is 14.2 Å². The molecule has 1 aliphatic rings. The number of nitrogens with zero attached hydrogens (tertiary/aromatic N) is 2. The van der Waals surface area contributed by atoms with Gasteiger partial charge in [-0.25, -0.2) is 13.2 Å². The second-order valence-corrected chi connectivity index (χ2v) is 10.0. The molecule has 2 aromatic rings. The average Bonchev–Trinajstić information content (AvgIpc) is 3.18. The number of nitrogens with one attached hydrogen (secondary N) is 1. The summed E-state index contributed by atoms with van der Waals surface area (Å²) in [4.78, 5) is 36.2. The zero-order chi connectivity index (χ0) is 23.5. The SMILES string of the molecule is C[C@H]1CCCN(S(=O)(=O)c2cc(C(=O)OCC(=O)NC(=O)c3cccn3C)ccc2Cl)C1. The van der Waals surface area contributed by atoms with Crippen LogP contribution in [0.4, 0.5) is 0 Å². The summed E-state index contributed by atoms with van der Waals surface area (Å²) in [5.41, 5.74) is 0.198. The lowest BCUT2D eigenvalue weighted by Gasteiger charge is -2.30. The molecule has 1 aromatic carbocycles. The van der Waals surface area contributed by atoms with Crippen molar-refractivity contribution in [3.8, 4) is 0 Å². The Morgan fingerprint density at radius 2 is 2.00 bits per heavy atom. The third-order valence-electron chi connectivity index (χ3n) is 5.17. The minimum absolute atomic E-state index is 0.00863. The number of hydrogen-bond acceptors (Lipinski definition) is 6. The van der Waals surface area contributed by atoms with Gasteiger partial charge < -0.3 is 9.30 Å². The fourth-order valence-electron chi connectivity index (χ4n) is 3.47. The first-order valence-corrected chi connectivity index (χ1v) is 11.8. The highest BCUT2D eigenvalue weighted by atomic mass is 35.5. The quantitative estimate of drug-likeness (QED) is 0.632. The van der Waals surface area contributed by atoms with E-state index in [4.69, 9.17) is 16.3 Å². The zero-order valence-electron chi connectivity index (χ0n) is 17.7. The lowest BCUT2D eigenvalue weighted by Crippen LogP contribution is -2.39. The van der Waals surface area contributed by atoms with Gasteiger partial charge in [-0.05, 0) is 49.1 Å². The number of halogens is 1. The molecule has 0 radical (unpaired) electrons. The minimum Gasteiger partial charge on any atom is -0.452 e. The molecule has 0 spiro atoms. The predicted octanol–water partition coefficient (Wildman–Crippen LogP) is 2.21. The summed E-state index contributed by atoms with van der Waals surface area (Å²) >= 11 is 6.13. The van der Waals surface area contributed by atoms with Gasteiger partial charge in [-0.3, -0.25) is 14.9 Å². The molecule has 2 amide bonds. The number of sulfonamides is 1. The molecule has 0 aliphatic carbocycles. The Kier molecular flexibility index (Phi) is 7.37. The molecular weight excluding hydrogens is 458 g/mol. The highest BCUT2D eigenvalue weighted by molar-refractivity contribution is 7.89. The zero-order valence-corrected chi connectivity index (χ0v) is 19.3. The van der Waals surface area contributed by atoms with Crippen LogP contribution in [0.2, 0.25) is 5.02 Å². The largest absolute Gasteiger partial charge is 0.452 e. The summed E-state index contributed by atoms with van der Waals surface area (Å²) in [5.74, 6) is -2.13. The molecule has 1 saturated heterocycles. The average molecular weight is 482 g/mol. The number of aromatic nitrogens is 1. The van der Waals surface area contributed by atoms with Gasteiger partial charge in [-0.2, -0.15) is 4.31 Å². The summed E-state index contributed by atoms with van der Waals surface area (Å²) in [6.07, 6.45) is 3.34. The van der Waals surface area contributed by atoms with Crippen molar-refractivity contribution >= 4 is 39.4 Å². The number of rotatable bonds is 6. The van der Waals surface area contributed by atoms with E-state index in [2.05, 4.69) is 5.32 Å². The van der Waals surface area contributed by atoms with Gasteiger partial charge in [0.05, 0.1) is 10.6 Å². The fourth-order valence-corrected chi connectivity index (χ4v) is 5.57. The monoisotopic (exact) mass is 481 g/mol. The van der Waals surface area contributed by atoms with Crippen molar-refractivity contribution < 1.29 is 27.5 Å². The first-order valence-electron chi connectivity index (χ1n) is 10.0. The molecule has 1 aromatic heterocycles. The van der Waals surface area contributed by atoms with Crippen molar-refractivity contribution in [1.29, 1.82) is 0 Å². The van der Waals surface area contributed by atoms with Gasteiger partial charge in [0.15, 0.2) is 6.61 Å². The molecule has 2 heterocycles. The minimum atomic E-state index is -3.89. The normalized spacial score (nSPS) is 17.0. The number of carbonyl (C=O) groups is 3. The third-order valence-corrected chi connectivity index (χ3v) is 7.51. The van der Waals surface area contributed by atoms with Crippen molar-refractivity contribution in [3.63, 3.8) is 0 Å². The maximum Gasteiger partial charge on any atom is 0.338 e. The summed E-state index contributed by atoms with van der Waals surface area (Å²) < 4.78 is 33.9. The lowest BCUT2D eigenvalue weighted by molar-refractivity contribution is -0.123. The van der Waals surface area contributed by atoms with Crippen LogP contribution in [-0.4, -0.2) is 54.8 Å². The molecule has 32 heavy (non-hydrogen) atoms. The second-order valence-electron chi connectivity index (χ2n) is 7.71. The number of esters is 1. The number of piperidine rings is 1. The number of hydrogen-bond donors (Lipinski definition) is 1. The first-order chi connectivity index (χ1) is 15.1. The van der Waals surface area contributed by atoms with Gasteiger partial charge in [0, 0.05) is 26.3 Å². The van der Waals surface area contributed by atoms with Crippen LogP contribution < -0.4 is 5.32 Å². The molecule has 9 nitrogen and oxygen atoms in total. The molecule has 0 unspecified atom stereocenters. The molecule has 1 aliphatic heterocycles. The van der Waals surface area contributed by atoms with Crippen LogP contribution in [-0.2, 0) is 26.6 Å². The van der Waals surface area contributed by atoms with Gasteiger partial charge in [0.1, 0.15) is 10.6 Å². The molecule has 11 heteroatoms. The smallest absolute Gasteiger partial charge is 0.338 e. The van der Waals surface area contributed by atoms with Crippen molar-refractivity contribution in [3.05, 3.63) is 52.8 Å². The van der Waals surface area contributed by atoms with E-state index in [1.165, 1.54) is 27.1 Å². The Morgan fingerprint density at radius 3 is 2.66 bits per heavy atom. The Hall–Kier alpha value is -2.69. The van der Waals surface area contributed by atoms with Crippen molar-refractivity contribution in [2.24, 2.45) is 13.0 Å². The highest BCUT2D eigenvalue weighted by Gasteiger charge is 2.31. The number of aryl methyl sites for hydroxylation is 1. The summed E-state index contributed by atoms with van der Waals surface area (Å²) in [7, 11) is -2.24. The van der Waals surface area contributed by atoms with Crippen LogP contribution in [0.25, 0.3) is 0 Å². The van der Waals surface area contributed by atoms with E-state index in [1.54, 1.807) is 19.3 Å². The van der Waals surface area contributed by atoms with Gasteiger partial charge >= 0.3 is 5.97 Å². The molecule has 0 bridgehead atoms. The molecule has 1 N–H and O–H groups in total. The maximum atomic E-state index is 13.0. The molecule has 1 atom stereocenters. The number of ether oxygens (including phenoxy) is 1. The van der Waals surface area contributed by atoms with E-state index in [0.29, 0.717) is 13.1 Å². The molecular formula is C21H24ClN3O6S. The summed E-state index contributed by atoms with van der Waals surface area (Å²) in [6.45, 7) is 2.03. The number of carbonyl (C=O) groups excluding carboxylic acids is 3. The van der Waals surface area contributed by atoms with Gasteiger partial charge in [-0.15, -0.1) is 0 Å². The molecule has 172 valence electrons. The van der Waals surface area contributed by atoms with Crippen LogP contribution in [0.15, 0.2) is 41.4 Å². The first kappa shape index (κ1) is 24.0. The van der Waals surface area contributed by atoms with E-state index in [1.807, 2.05) is 6.92 Å². The summed E-state index contributed by atoms with van der Waals surface area (Å²) in [5, 5.41) is 2.11. The number of benzene rings is 1. The van der Waals surface area contributed by atoms with Gasteiger partial charge in [0.25, 0.3) is 11.8 Å². The van der Waals surface area contributed by atoms with Gasteiger partial charge in [-0.1, -0.05) is 18.5 Å². The Bertz CT molecular complexity index is 1140. The van der Waals surface area contributed by atoms with E-state index in [-0.39, 0.29) is 27.1 Å².